The average molecular weight is 344 g/mol. The number of sulfonamides is 1. The quantitative estimate of drug-likeness (QED) is 0.737. The maximum atomic E-state index is 12.4. The minimum Gasteiger partial charge on any atom is -0.267 e. The molecular formula is C16H16N4O3S. The number of carbonyl (C=O) groups is 1. The zero-order valence-electron chi connectivity index (χ0n) is 12.9. The van der Waals surface area contributed by atoms with E-state index in [9.17, 15) is 13.2 Å². The normalized spacial score (nSPS) is 11.5. The van der Waals surface area contributed by atoms with Gasteiger partial charge in [0.25, 0.3) is 5.91 Å². The van der Waals surface area contributed by atoms with Crippen LogP contribution in [0.2, 0.25) is 0 Å². The van der Waals surface area contributed by atoms with Crippen molar-refractivity contribution >= 4 is 27.0 Å². The van der Waals surface area contributed by atoms with E-state index in [-0.39, 0.29) is 17.0 Å². The molecule has 0 fully saturated rings. The second kappa shape index (κ2) is 6.42. The number of nitrogens with zero attached hydrogens (tertiary/aromatic N) is 2. The zero-order valence-corrected chi connectivity index (χ0v) is 13.7. The highest BCUT2D eigenvalue weighted by Gasteiger charge is 2.15. The number of fused-ring (bicyclic) bond motifs is 1. The Hall–Kier alpha value is -2.71. The highest BCUT2D eigenvalue weighted by molar-refractivity contribution is 7.89. The first-order valence-corrected chi connectivity index (χ1v) is 8.83. The number of benzene rings is 2. The molecule has 1 amide bonds. The summed E-state index contributed by atoms with van der Waals surface area (Å²) in [5.41, 5.74) is 4.44. The van der Waals surface area contributed by atoms with Gasteiger partial charge >= 0.3 is 0 Å². The van der Waals surface area contributed by atoms with Crippen molar-refractivity contribution in [2.45, 2.75) is 11.8 Å². The predicted molar refractivity (Wildman–Crippen MR) is 90.7 cm³/mol. The van der Waals surface area contributed by atoms with E-state index >= 15 is 0 Å². The van der Waals surface area contributed by atoms with E-state index in [1.165, 1.54) is 29.2 Å². The summed E-state index contributed by atoms with van der Waals surface area (Å²) in [7, 11) is -3.61. The fourth-order valence-corrected chi connectivity index (χ4v) is 3.39. The molecule has 0 radical (unpaired) electrons. The van der Waals surface area contributed by atoms with Crippen LogP contribution in [-0.2, 0) is 10.0 Å². The van der Waals surface area contributed by atoms with Crippen LogP contribution in [0.25, 0.3) is 11.0 Å². The van der Waals surface area contributed by atoms with Crippen molar-refractivity contribution in [3.05, 3.63) is 60.4 Å². The number of nitrogens with one attached hydrogen (secondary N) is 2. The van der Waals surface area contributed by atoms with E-state index in [1.807, 2.05) is 24.3 Å². The molecule has 0 atom stereocenters. The first kappa shape index (κ1) is 16.2. The molecule has 2 aromatic carbocycles. The number of rotatable bonds is 5. The molecule has 0 aliphatic heterocycles. The van der Waals surface area contributed by atoms with E-state index in [4.69, 9.17) is 0 Å². The lowest BCUT2D eigenvalue weighted by atomic mass is 10.2. The molecule has 3 aromatic rings. The number of aromatic nitrogens is 2. The highest BCUT2D eigenvalue weighted by atomic mass is 32.2. The van der Waals surface area contributed by atoms with Gasteiger partial charge in [-0.2, -0.15) is 0 Å². The molecule has 1 heterocycles. The van der Waals surface area contributed by atoms with Crippen LogP contribution in [0.15, 0.2) is 59.8 Å². The number of hydrogen-bond acceptors (Lipinski definition) is 4. The van der Waals surface area contributed by atoms with Crippen molar-refractivity contribution in [3.8, 4) is 0 Å². The Labute approximate surface area is 139 Å². The Kier molecular flexibility index (Phi) is 4.32. The smallest absolute Gasteiger partial charge is 0.267 e. The van der Waals surface area contributed by atoms with E-state index < -0.39 is 15.9 Å². The standard InChI is InChI=1S/C16H16N4O3S/c1-2-18-24(22,23)13-7-5-6-12(10-13)16(21)19-20-11-17-14-8-3-4-9-15(14)20/h3-11,18H,2H2,1H3,(H,19,21). The molecule has 0 spiro atoms. The fraction of sp³-hybridized carbons (Fsp3) is 0.125. The van der Waals surface area contributed by atoms with Gasteiger partial charge in [-0.25, -0.2) is 22.8 Å². The molecular weight excluding hydrogens is 328 g/mol. The van der Waals surface area contributed by atoms with Crippen LogP contribution < -0.4 is 10.1 Å². The Morgan fingerprint density at radius 3 is 2.75 bits per heavy atom. The lowest BCUT2D eigenvalue weighted by Crippen LogP contribution is -2.25. The Morgan fingerprint density at radius 1 is 1.17 bits per heavy atom. The number of hydrogen-bond donors (Lipinski definition) is 2. The Bertz CT molecular complexity index is 995. The summed E-state index contributed by atoms with van der Waals surface area (Å²) in [5.74, 6) is -0.424. The van der Waals surface area contributed by atoms with Crippen molar-refractivity contribution in [2.75, 3.05) is 12.0 Å². The monoisotopic (exact) mass is 344 g/mol. The number of para-hydroxylation sites is 2. The first-order chi connectivity index (χ1) is 11.5. The van der Waals surface area contributed by atoms with Crippen molar-refractivity contribution < 1.29 is 13.2 Å². The van der Waals surface area contributed by atoms with Crippen LogP contribution in [0.3, 0.4) is 0 Å². The second-order valence-corrected chi connectivity index (χ2v) is 6.84. The van der Waals surface area contributed by atoms with Crippen LogP contribution in [0.4, 0.5) is 0 Å². The Morgan fingerprint density at radius 2 is 1.96 bits per heavy atom. The molecule has 0 saturated carbocycles. The first-order valence-electron chi connectivity index (χ1n) is 7.34. The summed E-state index contributed by atoms with van der Waals surface area (Å²) < 4.78 is 28.0. The molecule has 2 N–H and O–H groups in total. The van der Waals surface area contributed by atoms with E-state index in [2.05, 4.69) is 15.1 Å². The minimum absolute atomic E-state index is 0.0486. The molecule has 24 heavy (non-hydrogen) atoms. The van der Waals surface area contributed by atoms with E-state index in [0.717, 1.165) is 11.0 Å². The molecule has 3 rings (SSSR count). The van der Waals surface area contributed by atoms with Gasteiger partial charge in [0.2, 0.25) is 10.0 Å². The molecule has 1 aromatic heterocycles. The molecule has 124 valence electrons. The van der Waals surface area contributed by atoms with Crippen LogP contribution in [0.1, 0.15) is 17.3 Å². The van der Waals surface area contributed by atoms with Gasteiger partial charge in [-0.1, -0.05) is 25.1 Å². The maximum Gasteiger partial charge on any atom is 0.270 e. The van der Waals surface area contributed by atoms with Crippen molar-refractivity contribution in [1.82, 2.24) is 14.4 Å². The van der Waals surface area contributed by atoms with Gasteiger partial charge in [0, 0.05) is 12.1 Å². The van der Waals surface area contributed by atoms with E-state index in [1.54, 1.807) is 13.0 Å². The molecule has 7 nitrogen and oxygen atoms in total. The van der Waals surface area contributed by atoms with E-state index in [0.29, 0.717) is 0 Å². The van der Waals surface area contributed by atoms with Gasteiger partial charge in [0.15, 0.2) is 0 Å². The van der Waals surface area contributed by atoms with Crippen molar-refractivity contribution in [2.24, 2.45) is 0 Å². The molecule has 0 bridgehead atoms. The van der Waals surface area contributed by atoms with Crippen LogP contribution >= 0.6 is 0 Å². The van der Waals surface area contributed by atoms with Crippen molar-refractivity contribution in [3.63, 3.8) is 0 Å². The predicted octanol–water partition coefficient (Wildman–Crippen LogP) is 1.72. The average Bonchev–Trinajstić information content (AvgIpc) is 2.98. The van der Waals surface area contributed by atoms with Gasteiger partial charge in [-0.3, -0.25) is 10.2 Å². The van der Waals surface area contributed by atoms with Gasteiger partial charge in [0.05, 0.1) is 15.9 Å². The molecule has 8 heteroatoms. The maximum absolute atomic E-state index is 12.4. The summed E-state index contributed by atoms with van der Waals surface area (Å²) in [4.78, 5) is 16.7. The third-order valence-corrected chi connectivity index (χ3v) is 4.96. The zero-order chi connectivity index (χ0) is 17.2. The van der Waals surface area contributed by atoms with Gasteiger partial charge < -0.3 is 0 Å². The topological polar surface area (TPSA) is 93.1 Å². The lowest BCUT2D eigenvalue weighted by molar-refractivity contribution is 0.101. The summed E-state index contributed by atoms with van der Waals surface area (Å²) in [6, 6.07) is 13.2. The fourth-order valence-electron chi connectivity index (χ4n) is 2.30. The van der Waals surface area contributed by atoms with Gasteiger partial charge in [0.1, 0.15) is 6.33 Å². The minimum atomic E-state index is -3.61. The van der Waals surface area contributed by atoms with Crippen molar-refractivity contribution in [1.29, 1.82) is 0 Å². The van der Waals surface area contributed by atoms with Crippen LogP contribution in [-0.4, -0.2) is 30.5 Å². The number of carbonyl (C=O) groups excluding carboxylic acids is 1. The lowest BCUT2D eigenvalue weighted by Gasteiger charge is -2.09. The van der Waals surface area contributed by atoms with Gasteiger partial charge in [-0.15, -0.1) is 0 Å². The number of amides is 1. The number of imidazole rings is 1. The summed E-state index contributed by atoms with van der Waals surface area (Å²) in [6.45, 7) is 1.97. The third-order valence-electron chi connectivity index (χ3n) is 3.42. The van der Waals surface area contributed by atoms with Crippen LogP contribution in [0.5, 0.6) is 0 Å². The summed E-state index contributed by atoms with van der Waals surface area (Å²) in [5, 5.41) is 0. The highest BCUT2D eigenvalue weighted by Crippen LogP contribution is 2.13. The summed E-state index contributed by atoms with van der Waals surface area (Å²) >= 11 is 0. The third kappa shape index (κ3) is 3.15. The molecule has 0 aliphatic carbocycles. The SMILES string of the molecule is CCNS(=O)(=O)c1cccc(C(=O)Nn2cnc3ccccc32)c1. The molecule has 0 saturated heterocycles. The largest absolute Gasteiger partial charge is 0.270 e. The Balaban J connectivity index is 1.88. The van der Waals surface area contributed by atoms with Crippen LogP contribution in [0, 0.1) is 0 Å². The second-order valence-electron chi connectivity index (χ2n) is 5.07. The van der Waals surface area contributed by atoms with Gasteiger partial charge in [-0.05, 0) is 30.3 Å². The molecule has 0 unspecified atom stereocenters. The molecule has 0 aliphatic rings. The summed E-state index contributed by atoms with van der Waals surface area (Å²) in [6.07, 6.45) is 1.50.